The lowest BCUT2D eigenvalue weighted by molar-refractivity contribution is -0.141. The second-order valence-electron chi connectivity index (χ2n) is 6.58. The van der Waals surface area contributed by atoms with Crippen LogP contribution in [0.4, 0.5) is 0 Å². The molecule has 0 saturated carbocycles. The largest absolute Gasteiger partial charge is 0.352 e. The van der Waals surface area contributed by atoms with E-state index in [0.29, 0.717) is 19.4 Å². The fourth-order valence-electron chi connectivity index (χ4n) is 3.35. The Bertz CT molecular complexity index is 743. The number of rotatable bonds is 4. The number of aromatic nitrogens is 1. The molecule has 0 unspecified atom stereocenters. The number of pyridine rings is 1. The monoisotopic (exact) mass is 337 g/mol. The van der Waals surface area contributed by atoms with Crippen molar-refractivity contribution >= 4 is 11.8 Å². The summed E-state index contributed by atoms with van der Waals surface area (Å²) in [6.07, 6.45) is 4.41. The maximum Gasteiger partial charge on any atom is 0.225 e. The van der Waals surface area contributed by atoms with Gasteiger partial charge in [0.05, 0.1) is 12.0 Å². The summed E-state index contributed by atoms with van der Waals surface area (Å²) >= 11 is 0. The van der Waals surface area contributed by atoms with Gasteiger partial charge in [0.1, 0.15) is 0 Å². The van der Waals surface area contributed by atoms with Crippen LogP contribution < -0.4 is 5.32 Å². The first-order valence-electron chi connectivity index (χ1n) is 8.55. The van der Waals surface area contributed by atoms with E-state index >= 15 is 0 Å². The molecule has 3 rings (SSSR count). The van der Waals surface area contributed by atoms with Gasteiger partial charge in [0.25, 0.3) is 0 Å². The molecule has 1 aliphatic heterocycles. The number of nitrogens with zero attached hydrogens (tertiary/aromatic N) is 2. The second-order valence-corrected chi connectivity index (χ2v) is 6.58. The highest BCUT2D eigenvalue weighted by atomic mass is 16.2. The van der Waals surface area contributed by atoms with E-state index in [-0.39, 0.29) is 23.8 Å². The van der Waals surface area contributed by atoms with Crippen molar-refractivity contribution in [3.63, 3.8) is 0 Å². The number of likely N-dealkylation sites (tertiary alicyclic amines) is 1. The molecule has 25 heavy (non-hydrogen) atoms. The van der Waals surface area contributed by atoms with Gasteiger partial charge in [-0.05, 0) is 36.6 Å². The van der Waals surface area contributed by atoms with Gasteiger partial charge in [0, 0.05) is 32.4 Å². The van der Waals surface area contributed by atoms with Crippen LogP contribution >= 0.6 is 0 Å². The minimum absolute atomic E-state index is 0.0123. The molecule has 5 heteroatoms. The van der Waals surface area contributed by atoms with Crippen molar-refractivity contribution in [2.75, 3.05) is 7.05 Å². The average Bonchev–Trinajstić information content (AvgIpc) is 2.63. The summed E-state index contributed by atoms with van der Waals surface area (Å²) in [7, 11) is 1.79. The lowest BCUT2D eigenvalue weighted by atomic mass is 9.83. The van der Waals surface area contributed by atoms with Gasteiger partial charge < -0.3 is 10.2 Å². The van der Waals surface area contributed by atoms with Gasteiger partial charge in [0.2, 0.25) is 11.8 Å². The van der Waals surface area contributed by atoms with Gasteiger partial charge in [-0.3, -0.25) is 14.6 Å². The number of hydrogen-bond acceptors (Lipinski definition) is 3. The predicted octanol–water partition coefficient (Wildman–Crippen LogP) is 2.62. The van der Waals surface area contributed by atoms with Gasteiger partial charge in [-0.1, -0.05) is 29.8 Å². The van der Waals surface area contributed by atoms with E-state index < -0.39 is 0 Å². The number of benzene rings is 1. The molecule has 2 heterocycles. The zero-order chi connectivity index (χ0) is 17.8. The molecule has 0 spiro atoms. The molecule has 1 saturated heterocycles. The Hall–Kier alpha value is -2.69. The third kappa shape index (κ3) is 3.87. The third-order valence-electron chi connectivity index (χ3n) is 4.83. The predicted molar refractivity (Wildman–Crippen MR) is 95.5 cm³/mol. The first-order chi connectivity index (χ1) is 12.1. The first-order valence-corrected chi connectivity index (χ1v) is 8.55. The molecular weight excluding hydrogens is 314 g/mol. The number of hydrogen-bond donors (Lipinski definition) is 1. The molecule has 2 atom stereocenters. The standard InChI is InChI=1S/C20H23N3O2/c1-14-3-5-16(6-4-14)19-17(7-8-18(24)23(19)2)20(25)22-13-15-9-11-21-12-10-15/h3-6,9-12,17,19H,7-8,13H2,1-2H3,(H,22,25)/t17-,19-/m1/s1. The van der Waals surface area contributed by atoms with E-state index in [0.717, 1.165) is 16.7 Å². The molecule has 1 N–H and O–H groups in total. The Morgan fingerprint density at radius 1 is 1.20 bits per heavy atom. The number of aryl methyl sites for hydroxylation is 1. The summed E-state index contributed by atoms with van der Waals surface area (Å²) in [6, 6.07) is 11.6. The molecule has 5 nitrogen and oxygen atoms in total. The average molecular weight is 337 g/mol. The molecule has 0 aliphatic carbocycles. The molecule has 1 fully saturated rings. The van der Waals surface area contributed by atoms with Crippen LogP contribution in [0.2, 0.25) is 0 Å². The van der Waals surface area contributed by atoms with E-state index in [1.165, 1.54) is 0 Å². The van der Waals surface area contributed by atoms with Crippen molar-refractivity contribution in [2.45, 2.75) is 32.4 Å². The van der Waals surface area contributed by atoms with E-state index in [2.05, 4.69) is 10.3 Å². The van der Waals surface area contributed by atoms with Crippen LogP contribution in [0, 0.1) is 12.8 Å². The van der Waals surface area contributed by atoms with Crippen molar-refractivity contribution in [3.05, 3.63) is 65.5 Å². The number of carbonyl (C=O) groups is 2. The topological polar surface area (TPSA) is 62.3 Å². The molecule has 2 aromatic rings. The number of amides is 2. The Morgan fingerprint density at radius 3 is 2.56 bits per heavy atom. The zero-order valence-corrected chi connectivity index (χ0v) is 14.6. The second kappa shape index (κ2) is 7.47. The van der Waals surface area contributed by atoms with Crippen LogP contribution in [0.25, 0.3) is 0 Å². The van der Waals surface area contributed by atoms with E-state index in [4.69, 9.17) is 0 Å². The SMILES string of the molecule is Cc1ccc([C@@H]2[C@H](C(=O)NCc3ccncc3)CCC(=O)N2C)cc1. The molecule has 0 bridgehead atoms. The van der Waals surface area contributed by atoms with E-state index in [1.807, 2.05) is 43.3 Å². The van der Waals surface area contributed by atoms with Crippen molar-refractivity contribution < 1.29 is 9.59 Å². The fourth-order valence-corrected chi connectivity index (χ4v) is 3.35. The Labute approximate surface area is 148 Å². The maximum atomic E-state index is 12.8. The van der Waals surface area contributed by atoms with Crippen LogP contribution in [0.5, 0.6) is 0 Å². The van der Waals surface area contributed by atoms with Crippen molar-refractivity contribution in [3.8, 4) is 0 Å². The number of piperidine rings is 1. The summed E-state index contributed by atoms with van der Waals surface area (Å²) in [5.74, 6) is -0.169. The van der Waals surface area contributed by atoms with Crippen LogP contribution in [0.3, 0.4) is 0 Å². The smallest absolute Gasteiger partial charge is 0.225 e. The van der Waals surface area contributed by atoms with Crippen molar-refractivity contribution in [1.29, 1.82) is 0 Å². The lowest BCUT2D eigenvalue weighted by Gasteiger charge is -2.38. The summed E-state index contributed by atoms with van der Waals surface area (Å²) in [6.45, 7) is 2.49. The van der Waals surface area contributed by atoms with Gasteiger partial charge in [-0.25, -0.2) is 0 Å². The van der Waals surface area contributed by atoms with Gasteiger partial charge >= 0.3 is 0 Å². The number of carbonyl (C=O) groups excluding carboxylic acids is 2. The van der Waals surface area contributed by atoms with Gasteiger partial charge in [0.15, 0.2) is 0 Å². The van der Waals surface area contributed by atoms with Crippen molar-refractivity contribution in [1.82, 2.24) is 15.2 Å². The highest BCUT2D eigenvalue weighted by molar-refractivity contribution is 5.84. The fraction of sp³-hybridized carbons (Fsp3) is 0.350. The van der Waals surface area contributed by atoms with Crippen LogP contribution in [0.1, 0.15) is 35.6 Å². The quantitative estimate of drug-likeness (QED) is 0.933. The maximum absolute atomic E-state index is 12.8. The zero-order valence-electron chi connectivity index (χ0n) is 14.6. The molecule has 1 aromatic carbocycles. The lowest BCUT2D eigenvalue weighted by Crippen LogP contribution is -2.46. The molecule has 1 aliphatic rings. The van der Waals surface area contributed by atoms with Crippen molar-refractivity contribution in [2.24, 2.45) is 5.92 Å². The summed E-state index contributed by atoms with van der Waals surface area (Å²) in [5, 5.41) is 3.01. The highest BCUT2D eigenvalue weighted by Crippen LogP contribution is 2.36. The minimum Gasteiger partial charge on any atom is -0.352 e. The Balaban J connectivity index is 1.78. The molecule has 1 aromatic heterocycles. The Kier molecular flexibility index (Phi) is 5.12. The summed E-state index contributed by atoms with van der Waals surface area (Å²) in [5.41, 5.74) is 3.17. The third-order valence-corrected chi connectivity index (χ3v) is 4.83. The molecule has 130 valence electrons. The van der Waals surface area contributed by atoms with Crippen LogP contribution in [-0.2, 0) is 16.1 Å². The molecular formula is C20H23N3O2. The number of nitrogens with one attached hydrogen (secondary N) is 1. The first kappa shape index (κ1) is 17.1. The van der Waals surface area contributed by atoms with Crippen LogP contribution in [0.15, 0.2) is 48.8 Å². The van der Waals surface area contributed by atoms with E-state index in [1.54, 1.807) is 24.3 Å². The molecule has 0 radical (unpaired) electrons. The van der Waals surface area contributed by atoms with Gasteiger partial charge in [-0.15, -0.1) is 0 Å². The minimum atomic E-state index is -0.243. The van der Waals surface area contributed by atoms with Gasteiger partial charge in [-0.2, -0.15) is 0 Å². The van der Waals surface area contributed by atoms with E-state index in [9.17, 15) is 9.59 Å². The Morgan fingerprint density at radius 2 is 1.88 bits per heavy atom. The summed E-state index contributed by atoms with van der Waals surface area (Å²) in [4.78, 5) is 30.7. The molecule has 2 amide bonds. The normalized spacial score (nSPS) is 20.4. The highest BCUT2D eigenvalue weighted by Gasteiger charge is 2.38. The van der Waals surface area contributed by atoms with Crippen LogP contribution in [-0.4, -0.2) is 28.7 Å². The summed E-state index contributed by atoms with van der Waals surface area (Å²) < 4.78 is 0.